The molecular formula is C26H27F3N4O3. The lowest BCUT2D eigenvalue weighted by Gasteiger charge is -2.28. The van der Waals surface area contributed by atoms with Gasteiger partial charge in [-0.2, -0.15) is 13.2 Å². The van der Waals surface area contributed by atoms with Crippen molar-refractivity contribution in [3.63, 3.8) is 0 Å². The van der Waals surface area contributed by atoms with Crippen LogP contribution in [0.3, 0.4) is 0 Å². The minimum Gasteiger partial charge on any atom is -0.445 e. The maximum atomic E-state index is 13.5. The molecule has 36 heavy (non-hydrogen) atoms. The molecule has 1 aliphatic rings. The second-order valence-electron chi connectivity index (χ2n) is 8.96. The first-order valence-electron chi connectivity index (χ1n) is 11.6. The largest absolute Gasteiger partial charge is 0.445 e. The minimum absolute atomic E-state index is 0.0261. The average molecular weight is 501 g/mol. The van der Waals surface area contributed by atoms with E-state index in [1.54, 1.807) is 0 Å². The van der Waals surface area contributed by atoms with Gasteiger partial charge in [0.2, 0.25) is 5.95 Å². The van der Waals surface area contributed by atoms with Crippen LogP contribution in [-0.4, -0.2) is 33.1 Å². The van der Waals surface area contributed by atoms with Crippen LogP contribution in [0.15, 0.2) is 59.4 Å². The Morgan fingerprint density at radius 3 is 2.42 bits per heavy atom. The molecule has 0 bridgehead atoms. The highest BCUT2D eigenvalue weighted by Gasteiger charge is 2.30. The zero-order valence-electron chi connectivity index (χ0n) is 20.0. The zero-order chi connectivity index (χ0) is 25.9. The van der Waals surface area contributed by atoms with Crippen molar-refractivity contribution in [2.24, 2.45) is 0 Å². The Bertz CT molecular complexity index is 1270. The maximum Gasteiger partial charge on any atom is 0.416 e. The predicted octanol–water partition coefficient (Wildman–Crippen LogP) is 4.83. The Morgan fingerprint density at radius 1 is 1.08 bits per heavy atom. The number of halogens is 3. The second-order valence-corrected chi connectivity index (χ2v) is 8.96. The van der Waals surface area contributed by atoms with Crippen molar-refractivity contribution in [3.8, 4) is 0 Å². The van der Waals surface area contributed by atoms with E-state index in [9.17, 15) is 22.8 Å². The molecule has 1 amide bonds. The summed E-state index contributed by atoms with van der Waals surface area (Å²) in [5.41, 5.74) is 1.25. The Balaban J connectivity index is 1.58. The van der Waals surface area contributed by atoms with Gasteiger partial charge in [-0.25, -0.2) is 9.78 Å². The van der Waals surface area contributed by atoms with Crippen LogP contribution in [-0.2, 0) is 37.0 Å². The number of hydrogen-bond donors (Lipinski definition) is 1. The molecule has 1 aromatic heterocycles. The van der Waals surface area contributed by atoms with E-state index >= 15 is 0 Å². The number of carbonyl (C=O) groups is 1. The van der Waals surface area contributed by atoms with Gasteiger partial charge in [0, 0.05) is 19.0 Å². The monoisotopic (exact) mass is 500 g/mol. The fraction of sp³-hybridized carbons (Fsp3) is 0.346. The van der Waals surface area contributed by atoms with Crippen molar-refractivity contribution in [1.82, 2.24) is 14.5 Å². The molecule has 0 aliphatic carbocycles. The van der Waals surface area contributed by atoms with Gasteiger partial charge < -0.3 is 15.0 Å². The number of hydrogen-bond acceptors (Lipinski definition) is 5. The minimum atomic E-state index is -4.44. The normalized spacial score (nSPS) is 13.4. The van der Waals surface area contributed by atoms with E-state index in [2.05, 4.69) is 10.3 Å². The van der Waals surface area contributed by atoms with Crippen LogP contribution in [0, 0.1) is 0 Å². The molecule has 7 nitrogen and oxygen atoms in total. The first-order valence-corrected chi connectivity index (χ1v) is 11.6. The lowest BCUT2D eigenvalue weighted by atomic mass is 10.1. The first-order chi connectivity index (χ1) is 17.1. The van der Waals surface area contributed by atoms with Crippen LogP contribution >= 0.6 is 0 Å². The van der Waals surface area contributed by atoms with Crippen molar-refractivity contribution in [1.29, 1.82) is 0 Å². The van der Waals surface area contributed by atoms with E-state index in [1.807, 2.05) is 44.2 Å². The molecule has 0 fully saturated rings. The molecule has 4 rings (SSSR count). The van der Waals surface area contributed by atoms with Gasteiger partial charge >= 0.3 is 12.3 Å². The fourth-order valence-corrected chi connectivity index (χ4v) is 3.98. The molecule has 190 valence electrons. The number of nitrogens with zero attached hydrogens (tertiary/aromatic N) is 3. The topological polar surface area (TPSA) is 76.5 Å². The summed E-state index contributed by atoms with van der Waals surface area (Å²) >= 11 is 0. The molecule has 0 atom stereocenters. The van der Waals surface area contributed by atoms with Gasteiger partial charge in [0.1, 0.15) is 6.61 Å². The molecule has 2 heterocycles. The molecule has 0 saturated carbocycles. The van der Waals surface area contributed by atoms with Gasteiger partial charge in [-0.3, -0.25) is 9.36 Å². The van der Waals surface area contributed by atoms with Crippen LogP contribution < -0.4 is 10.9 Å². The number of nitrogens with one attached hydrogen (secondary N) is 1. The number of ether oxygens (including phenoxy) is 1. The number of alkyl halides is 3. The Hall–Kier alpha value is -3.82. The van der Waals surface area contributed by atoms with E-state index in [1.165, 1.54) is 21.6 Å². The smallest absolute Gasteiger partial charge is 0.416 e. The summed E-state index contributed by atoms with van der Waals surface area (Å²) in [6.45, 7) is 4.36. The summed E-state index contributed by atoms with van der Waals surface area (Å²) in [5, 5.41) is 3.16. The number of aromatic nitrogens is 2. The highest BCUT2D eigenvalue weighted by atomic mass is 19.4. The first kappa shape index (κ1) is 25.3. The van der Waals surface area contributed by atoms with Crippen LogP contribution in [0.2, 0.25) is 0 Å². The van der Waals surface area contributed by atoms with Gasteiger partial charge in [0.15, 0.2) is 0 Å². The fourth-order valence-electron chi connectivity index (χ4n) is 3.98. The molecule has 1 N–H and O–H groups in total. The number of carbonyl (C=O) groups excluding carboxylic acids is 1. The molecule has 0 radical (unpaired) electrons. The van der Waals surface area contributed by atoms with Crippen LogP contribution in [0.25, 0.3) is 0 Å². The third kappa shape index (κ3) is 5.87. The lowest BCUT2D eigenvalue weighted by Crippen LogP contribution is -2.42. The van der Waals surface area contributed by atoms with Crippen molar-refractivity contribution >= 4 is 12.0 Å². The summed E-state index contributed by atoms with van der Waals surface area (Å²) in [6.07, 6.45) is -4.58. The van der Waals surface area contributed by atoms with Gasteiger partial charge in [-0.1, -0.05) is 42.5 Å². The van der Waals surface area contributed by atoms with Crippen molar-refractivity contribution in [3.05, 3.63) is 92.9 Å². The summed E-state index contributed by atoms with van der Waals surface area (Å²) in [5.74, 6) is 0.341. The predicted molar refractivity (Wildman–Crippen MR) is 129 cm³/mol. The maximum absolute atomic E-state index is 13.5. The van der Waals surface area contributed by atoms with Crippen molar-refractivity contribution < 1.29 is 22.7 Å². The Labute approximate surface area is 206 Å². The summed E-state index contributed by atoms with van der Waals surface area (Å²) in [7, 11) is 0. The number of benzene rings is 2. The third-order valence-electron chi connectivity index (χ3n) is 5.82. The number of fused-ring (bicyclic) bond motifs is 1. The number of anilines is 1. The van der Waals surface area contributed by atoms with Gasteiger partial charge in [-0.15, -0.1) is 0 Å². The lowest BCUT2D eigenvalue weighted by molar-refractivity contribution is -0.137. The molecule has 0 saturated heterocycles. The summed E-state index contributed by atoms with van der Waals surface area (Å²) in [4.78, 5) is 32.3. The molecule has 1 aliphatic heterocycles. The van der Waals surface area contributed by atoms with E-state index in [-0.39, 0.29) is 31.3 Å². The van der Waals surface area contributed by atoms with E-state index < -0.39 is 17.8 Å². The quantitative estimate of drug-likeness (QED) is 0.525. The Morgan fingerprint density at radius 2 is 1.78 bits per heavy atom. The van der Waals surface area contributed by atoms with Crippen molar-refractivity contribution in [2.45, 2.75) is 52.2 Å². The highest BCUT2D eigenvalue weighted by Crippen LogP contribution is 2.29. The van der Waals surface area contributed by atoms with Crippen molar-refractivity contribution in [2.75, 3.05) is 11.9 Å². The van der Waals surface area contributed by atoms with Crippen LogP contribution in [0.4, 0.5) is 23.9 Å². The molecule has 2 aromatic carbocycles. The van der Waals surface area contributed by atoms with Gasteiger partial charge in [0.05, 0.1) is 29.9 Å². The molecule has 0 unspecified atom stereocenters. The average Bonchev–Trinajstić information content (AvgIpc) is 2.85. The van der Waals surface area contributed by atoms with Crippen LogP contribution in [0.5, 0.6) is 0 Å². The van der Waals surface area contributed by atoms with Crippen LogP contribution in [0.1, 0.15) is 41.8 Å². The molecule has 3 aromatic rings. The SMILES string of the molecule is CC(C)Nc1nc2c(c(=O)n1Cc1ccc(C(F)(F)F)cc1)CN(C(=O)OCc1ccccc1)CC2. The summed E-state index contributed by atoms with van der Waals surface area (Å²) < 4.78 is 45.6. The van der Waals surface area contributed by atoms with Gasteiger partial charge in [0.25, 0.3) is 5.56 Å². The standard InChI is InChI=1S/C26H27F3N4O3/c1-17(2)30-24-31-22-12-13-32(25(35)36-16-19-6-4-3-5-7-19)15-21(22)23(34)33(24)14-18-8-10-20(11-9-18)26(27,28)29/h3-11,17H,12-16H2,1-2H3,(H,30,31). The second kappa shape index (κ2) is 10.4. The highest BCUT2D eigenvalue weighted by molar-refractivity contribution is 5.68. The molecule has 10 heteroatoms. The third-order valence-corrected chi connectivity index (χ3v) is 5.82. The zero-order valence-corrected chi connectivity index (χ0v) is 20.0. The molecule has 0 spiro atoms. The van der Waals surface area contributed by atoms with E-state index in [4.69, 9.17) is 4.74 Å². The molecular weight excluding hydrogens is 473 g/mol. The Kier molecular flexibility index (Phi) is 7.32. The number of rotatable bonds is 6. The summed E-state index contributed by atoms with van der Waals surface area (Å²) in [6, 6.07) is 13.9. The number of amides is 1. The van der Waals surface area contributed by atoms with Gasteiger partial charge in [-0.05, 0) is 37.1 Å². The van der Waals surface area contributed by atoms with E-state index in [0.29, 0.717) is 35.7 Å². The van der Waals surface area contributed by atoms with E-state index in [0.717, 1.165) is 17.7 Å².